The van der Waals surface area contributed by atoms with Gasteiger partial charge in [-0.2, -0.15) is 0 Å². The number of quaternary nitrogens is 2. The lowest BCUT2D eigenvalue weighted by atomic mass is 9.95. The monoisotopic (exact) mass is 382 g/mol. The van der Waals surface area contributed by atoms with Gasteiger partial charge in [0.05, 0.1) is 39.3 Å². The van der Waals surface area contributed by atoms with E-state index in [1.54, 1.807) is 12.0 Å². The molecule has 1 aromatic carbocycles. The van der Waals surface area contributed by atoms with Gasteiger partial charge in [-0.3, -0.25) is 0 Å². The van der Waals surface area contributed by atoms with E-state index in [4.69, 9.17) is 4.74 Å². The average molecular weight is 383 g/mol. The summed E-state index contributed by atoms with van der Waals surface area (Å²) in [6.07, 6.45) is 5.64. The number of piperidine rings is 2. The van der Waals surface area contributed by atoms with Crippen molar-refractivity contribution in [3.05, 3.63) is 28.2 Å². The van der Waals surface area contributed by atoms with E-state index < -0.39 is 0 Å². The smallest absolute Gasteiger partial charge is 0.127 e. The van der Waals surface area contributed by atoms with E-state index in [0.717, 1.165) is 28.7 Å². The molecule has 0 spiro atoms. The molecule has 0 aromatic heterocycles. The van der Waals surface area contributed by atoms with Gasteiger partial charge in [0.2, 0.25) is 0 Å². The van der Waals surface area contributed by atoms with Crippen molar-refractivity contribution in [2.45, 2.75) is 45.2 Å². The molecule has 2 N–H and O–H groups in total. The summed E-state index contributed by atoms with van der Waals surface area (Å²) in [6, 6.07) is 7.26. The molecule has 3 rings (SSSR count). The molecular formula is C19H31BrN2O+2. The second-order valence-electron chi connectivity index (χ2n) is 7.52. The molecule has 0 amide bonds. The molecule has 128 valence electrons. The van der Waals surface area contributed by atoms with Crippen LogP contribution in [0.5, 0.6) is 5.75 Å². The minimum absolute atomic E-state index is 0.908. The number of rotatable bonds is 4. The Balaban J connectivity index is 1.54. The second kappa shape index (κ2) is 8.00. The Morgan fingerprint density at radius 1 is 1.17 bits per heavy atom. The molecule has 1 unspecified atom stereocenters. The Kier molecular flexibility index (Phi) is 6.00. The number of benzene rings is 1. The SMILES string of the molecule is COc1ccc(Br)cc1C[NH+]1CCC([NH+]2CCC[C@H](C)C2)CC1. The van der Waals surface area contributed by atoms with Gasteiger partial charge < -0.3 is 14.5 Å². The maximum Gasteiger partial charge on any atom is 0.127 e. The van der Waals surface area contributed by atoms with Gasteiger partial charge in [-0.05, 0) is 31.0 Å². The van der Waals surface area contributed by atoms with Crippen LogP contribution in [0.2, 0.25) is 0 Å². The fraction of sp³-hybridized carbons (Fsp3) is 0.684. The van der Waals surface area contributed by atoms with E-state index in [9.17, 15) is 0 Å². The summed E-state index contributed by atoms with van der Waals surface area (Å²) in [6.45, 7) is 8.93. The van der Waals surface area contributed by atoms with Crippen LogP contribution in [-0.4, -0.2) is 39.3 Å². The van der Waals surface area contributed by atoms with Crippen molar-refractivity contribution < 1.29 is 14.5 Å². The van der Waals surface area contributed by atoms with Gasteiger partial charge in [0.25, 0.3) is 0 Å². The summed E-state index contributed by atoms with van der Waals surface area (Å²) in [5.74, 6) is 1.95. The van der Waals surface area contributed by atoms with Crippen LogP contribution in [0.25, 0.3) is 0 Å². The van der Waals surface area contributed by atoms with Gasteiger partial charge in [-0.25, -0.2) is 0 Å². The highest BCUT2D eigenvalue weighted by atomic mass is 79.9. The summed E-state index contributed by atoms with van der Waals surface area (Å²) in [7, 11) is 1.77. The molecule has 2 heterocycles. The predicted molar refractivity (Wildman–Crippen MR) is 97.2 cm³/mol. The Morgan fingerprint density at radius 2 is 1.96 bits per heavy atom. The molecule has 2 saturated heterocycles. The highest BCUT2D eigenvalue weighted by Gasteiger charge is 2.32. The van der Waals surface area contributed by atoms with Crippen molar-refractivity contribution in [2.24, 2.45) is 5.92 Å². The van der Waals surface area contributed by atoms with E-state index in [-0.39, 0.29) is 0 Å². The first-order valence-electron chi connectivity index (χ1n) is 9.16. The molecule has 0 radical (unpaired) electrons. The number of likely N-dealkylation sites (tertiary alicyclic amines) is 2. The summed E-state index contributed by atoms with van der Waals surface area (Å²) >= 11 is 3.59. The highest BCUT2D eigenvalue weighted by molar-refractivity contribution is 9.10. The van der Waals surface area contributed by atoms with Crippen LogP contribution in [0.3, 0.4) is 0 Å². The van der Waals surface area contributed by atoms with Crippen molar-refractivity contribution in [2.75, 3.05) is 33.3 Å². The highest BCUT2D eigenvalue weighted by Crippen LogP contribution is 2.22. The van der Waals surface area contributed by atoms with Gasteiger partial charge in [0.15, 0.2) is 0 Å². The largest absolute Gasteiger partial charge is 0.496 e. The van der Waals surface area contributed by atoms with Crippen molar-refractivity contribution in [1.82, 2.24) is 0 Å². The van der Waals surface area contributed by atoms with Crippen LogP contribution in [0.4, 0.5) is 0 Å². The summed E-state index contributed by atoms with van der Waals surface area (Å²) < 4.78 is 6.68. The molecule has 0 bridgehead atoms. The number of methoxy groups -OCH3 is 1. The fourth-order valence-corrected chi connectivity index (χ4v) is 4.87. The summed E-state index contributed by atoms with van der Waals surface area (Å²) in [4.78, 5) is 3.60. The topological polar surface area (TPSA) is 18.1 Å². The molecule has 3 nitrogen and oxygen atoms in total. The lowest BCUT2D eigenvalue weighted by Gasteiger charge is -2.37. The van der Waals surface area contributed by atoms with Crippen LogP contribution in [0.1, 0.15) is 38.2 Å². The molecule has 2 atom stereocenters. The van der Waals surface area contributed by atoms with Gasteiger partial charge in [0, 0.05) is 28.8 Å². The standard InChI is InChI=1S/C19H29BrN2O/c1-15-4-3-9-22(13-15)18-7-10-21(11-8-18)14-16-12-17(20)5-6-19(16)23-2/h5-6,12,15,18H,3-4,7-11,13-14H2,1-2H3/p+2/t15-/m0/s1. The van der Waals surface area contributed by atoms with E-state index >= 15 is 0 Å². The minimum Gasteiger partial charge on any atom is -0.496 e. The Hall–Kier alpha value is -0.580. The van der Waals surface area contributed by atoms with Gasteiger partial charge in [0.1, 0.15) is 12.3 Å². The third-order valence-electron chi connectivity index (χ3n) is 5.76. The molecular weight excluding hydrogens is 352 g/mol. The lowest BCUT2D eigenvalue weighted by Crippen LogP contribution is -3.21. The Labute approximate surface area is 149 Å². The molecule has 2 fully saturated rings. The first-order chi connectivity index (χ1) is 11.2. The van der Waals surface area contributed by atoms with E-state index in [1.165, 1.54) is 57.4 Å². The second-order valence-corrected chi connectivity index (χ2v) is 8.43. The number of ether oxygens (including phenoxy) is 1. The minimum atomic E-state index is 0.908. The van der Waals surface area contributed by atoms with Crippen molar-refractivity contribution in [1.29, 1.82) is 0 Å². The van der Waals surface area contributed by atoms with Crippen LogP contribution < -0.4 is 14.5 Å². The molecule has 2 aliphatic heterocycles. The van der Waals surface area contributed by atoms with Crippen LogP contribution in [0, 0.1) is 5.92 Å². The maximum absolute atomic E-state index is 5.53. The number of hydrogen-bond donors (Lipinski definition) is 2. The maximum atomic E-state index is 5.53. The Bertz CT molecular complexity index is 514. The quantitative estimate of drug-likeness (QED) is 0.803. The van der Waals surface area contributed by atoms with E-state index in [0.29, 0.717) is 0 Å². The molecule has 2 aliphatic rings. The summed E-state index contributed by atoms with van der Waals surface area (Å²) in [5.41, 5.74) is 1.33. The van der Waals surface area contributed by atoms with Crippen molar-refractivity contribution >= 4 is 15.9 Å². The third kappa shape index (κ3) is 4.49. The van der Waals surface area contributed by atoms with Crippen LogP contribution in [0.15, 0.2) is 22.7 Å². The van der Waals surface area contributed by atoms with Crippen molar-refractivity contribution in [3.63, 3.8) is 0 Å². The zero-order valence-electron chi connectivity index (χ0n) is 14.5. The average Bonchev–Trinajstić information content (AvgIpc) is 2.56. The zero-order chi connectivity index (χ0) is 16.2. The number of hydrogen-bond acceptors (Lipinski definition) is 1. The van der Waals surface area contributed by atoms with Crippen molar-refractivity contribution in [3.8, 4) is 5.75 Å². The molecule has 23 heavy (non-hydrogen) atoms. The molecule has 0 saturated carbocycles. The van der Waals surface area contributed by atoms with Crippen LogP contribution in [-0.2, 0) is 6.54 Å². The Morgan fingerprint density at radius 3 is 2.65 bits per heavy atom. The number of halogens is 1. The summed E-state index contributed by atoms with van der Waals surface area (Å²) in [5, 5.41) is 0. The van der Waals surface area contributed by atoms with Gasteiger partial charge in [-0.15, -0.1) is 0 Å². The van der Waals surface area contributed by atoms with Gasteiger partial charge >= 0.3 is 0 Å². The van der Waals surface area contributed by atoms with Gasteiger partial charge in [-0.1, -0.05) is 22.9 Å². The molecule has 1 aromatic rings. The number of nitrogens with one attached hydrogen (secondary N) is 2. The van der Waals surface area contributed by atoms with E-state index in [1.807, 2.05) is 4.90 Å². The van der Waals surface area contributed by atoms with Crippen LogP contribution >= 0.6 is 15.9 Å². The lowest BCUT2D eigenvalue weighted by molar-refractivity contribution is -0.967. The first-order valence-corrected chi connectivity index (χ1v) is 9.95. The molecule has 0 aliphatic carbocycles. The van der Waals surface area contributed by atoms with E-state index in [2.05, 4.69) is 41.1 Å². The first kappa shape index (κ1) is 17.2. The predicted octanol–water partition coefficient (Wildman–Crippen LogP) is 1.32. The molecule has 4 heteroatoms. The zero-order valence-corrected chi connectivity index (χ0v) is 16.1. The third-order valence-corrected chi connectivity index (χ3v) is 6.25. The fourth-order valence-electron chi connectivity index (χ4n) is 4.47. The normalized spacial score (nSPS) is 31.8.